The molecule has 3 aromatic heterocycles. The van der Waals surface area contributed by atoms with Crippen LogP contribution in [0.2, 0.25) is 5.02 Å². The number of hydrogen-bond donors (Lipinski definition) is 3. The minimum atomic E-state index is -1.09. The lowest BCUT2D eigenvalue weighted by Crippen LogP contribution is -2.36. The summed E-state index contributed by atoms with van der Waals surface area (Å²) in [4.78, 5) is 42.8. The summed E-state index contributed by atoms with van der Waals surface area (Å²) in [6.07, 6.45) is 1.76. The van der Waals surface area contributed by atoms with Crippen molar-refractivity contribution in [2.75, 3.05) is 0 Å². The van der Waals surface area contributed by atoms with E-state index in [9.17, 15) is 24.8 Å². The van der Waals surface area contributed by atoms with Crippen LogP contribution in [-0.2, 0) is 10.4 Å². The maximum absolute atomic E-state index is 13.6. The molecule has 5 aromatic rings. The number of fused-ring (bicyclic) bond motifs is 4. The molecule has 3 atom stereocenters. The van der Waals surface area contributed by atoms with Gasteiger partial charge in [-0.1, -0.05) is 35.9 Å². The molecule has 3 heterocycles. The van der Waals surface area contributed by atoms with Gasteiger partial charge in [0.1, 0.15) is 0 Å². The fraction of sp³-hybridized carbons (Fsp3) is 0.250. The van der Waals surface area contributed by atoms with Crippen LogP contribution in [0.1, 0.15) is 60.1 Å². The van der Waals surface area contributed by atoms with E-state index in [1.165, 1.54) is 10.5 Å². The standard InChI is InChI=1S/C32H28ClN5O4/c1-16-19(6-4-8-24(16)38-26(39)14-25-22(33)7-5-11-37(25)31(38)41)27-17(15-34)12-21(30(35)40)29-28(27)20-10-9-18(32(2,3)42)13-23(20)36-29/h4-11,13-14,17,21,27,36,42H,12H2,1-3H3,(H2,35,40)/t17-,21?,27?/m0/s1. The second kappa shape index (κ2) is 9.72. The Morgan fingerprint density at radius 1 is 1.17 bits per heavy atom. The first kappa shape index (κ1) is 27.5. The second-order valence-corrected chi connectivity index (χ2v) is 11.8. The fourth-order valence-electron chi connectivity index (χ4n) is 6.32. The number of carbonyl (C=O) groups excluding carboxylic acids is 1. The molecule has 0 aliphatic heterocycles. The highest BCUT2D eigenvalue weighted by atomic mass is 35.5. The number of carbonyl (C=O) groups is 1. The van der Waals surface area contributed by atoms with Crippen LogP contribution < -0.4 is 17.0 Å². The Balaban J connectivity index is 1.62. The van der Waals surface area contributed by atoms with Crippen LogP contribution in [0.4, 0.5) is 0 Å². The second-order valence-electron chi connectivity index (χ2n) is 11.4. The number of aromatic amines is 1. The van der Waals surface area contributed by atoms with Gasteiger partial charge in [0.25, 0.3) is 5.56 Å². The third-order valence-electron chi connectivity index (χ3n) is 8.42. The first-order valence-corrected chi connectivity index (χ1v) is 13.9. The summed E-state index contributed by atoms with van der Waals surface area (Å²) in [7, 11) is 0. The Morgan fingerprint density at radius 3 is 2.62 bits per heavy atom. The predicted octanol–water partition coefficient (Wildman–Crippen LogP) is 4.37. The number of nitrogens with one attached hydrogen (secondary N) is 1. The summed E-state index contributed by atoms with van der Waals surface area (Å²) in [5, 5.41) is 22.0. The number of rotatable bonds is 4. The van der Waals surface area contributed by atoms with Crippen molar-refractivity contribution >= 4 is 33.9 Å². The first-order valence-electron chi connectivity index (χ1n) is 13.5. The van der Waals surface area contributed by atoms with Crippen LogP contribution in [0, 0.1) is 24.2 Å². The largest absolute Gasteiger partial charge is 0.386 e. The van der Waals surface area contributed by atoms with Gasteiger partial charge in [0.2, 0.25) is 5.91 Å². The molecule has 1 aliphatic carbocycles. The van der Waals surface area contributed by atoms with Crippen molar-refractivity contribution in [3.63, 3.8) is 0 Å². The van der Waals surface area contributed by atoms with E-state index in [2.05, 4.69) is 11.1 Å². The molecule has 0 spiro atoms. The first-order chi connectivity index (χ1) is 19.9. The summed E-state index contributed by atoms with van der Waals surface area (Å²) >= 11 is 6.25. The molecule has 0 fully saturated rings. The number of hydrogen-bond acceptors (Lipinski definition) is 5. The molecule has 0 saturated carbocycles. The Bertz CT molecular complexity index is 2090. The zero-order valence-electron chi connectivity index (χ0n) is 23.2. The molecule has 42 heavy (non-hydrogen) atoms. The van der Waals surface area contributed by atoms with Gasteiger partial charge in [-0.2, -0.15) is 5.26 Å². The number of primary amides is 1. The van der Waals surface area contributed by atoms with Crippen LogP contribution in [0.5, 0.6) is 0 Å². The molecule has 1 aliphatic rings. The van der Waals surface area contributed by atoms with Crippen LogP contribution in [0.3, 0.4) is 0 Å². The summed E-state index contributed by atoms with van der Waals surface area (Å²) in [6, 6.07) is 17.8. The molecule has 0 bridgehead atoms. The van der Waals surface area contributed by atoms with Gasteiger partial charge in [0.15, 0.2) is 0 Å². The van der Waals surface area contributed by atoms with Gasteiger partial charge in [0, 0.05) is 34.8 Å². The third kappa shape index (κ3) is 4.14. The van der Waals surface area contributed by atoms with Crippen molar-refractivity contribution in [2.45, 2.75) is 44.6 Å². The van der Waals surface area contributed by atoms with Crippen LogP contribution in [0.25, 0.3) is 22.1 Å². The zero-order valence-corrected chi connectivity index (χ0v) is 23.9. The number of halogens is 1. The molecule has 4 N–H and O–H groups in total. The number of aliphatic hydroxyl groups is 1. The Hall–Kier alpha value is -4.65. The van der Waals surface area contributed by atoms with Crippen LogP contribution in [-0.4, -0.2) is 25.0 Å². The predicted molar refractivity (Wildman–Crippen MR) is 160 cm³/mol. The number of nitrogens with zero attached hydrogens (tertiary/aromatic N) is 3. The van der Waals surface area contributed by atoms with E-state index < -0.39 is 40.5 Å². The van der Waals surface area contributed by atoms with Gasteiger partial charge in [0.05, 0.1) is 39.7 Å². The number of pyridine rings is 1. The summed E-state index contributed by atoms with van der Waals surface area (Å²) in [6.45, 7) is 5.20. The molecule has 212 valence electrons. The molecule has 0 radical (unpaired) electrons. The van der Waals surface area contributed by atoms with E-state index in [0.29, 0.717) is 33.5 Å². The van der Waals surface area contributed by atoms with Crippen LogP contribution >= 0.6 is 11.6 Å². The normalized spacial score (nSPS) is 18.6. The van der Waals surface area contributed by atoms with E-state index >= 15 is 0 Å². The van der Waals surface area contributed by atoms with Crippen molar-refractivity contribution in [2.24, 2.45) is 11.7 Å². The maximum Gasteiger partial charge on any atom is 0.340 e. The minimum absolute atomic E-state index is 0.204. The highest BCUT2D eigenvalue weighted by Crippen LogP contribution is 2.49. The van der Waals surface area contributed by atoms with Gasteiger partial charge in [-0.3, -0.25) is 14.0 Å². The van der Waals surface area contributed by atoms with Crippen molar-refractivity contribution in [3.05, 3.63) is 115 Å². The maximum atomic E-state index is 13.6. The SMILES string of the molecule is Cc1c(C2c3c([nH]c4cc(C(C)(C)O)ccc34)C(C(N)=O)C[C@H]2C#N)cccc1-n1c(=O)cc2c(Cl)cccn2c1=O. The third-order valence-corrected chi connectivity index (χ3v) is 8.74. The van der Waals surface area contributed by atoms with Crippen molar-refractivity contribution < 1.29 is 9.90 Å². The van der Waals surface area contributed by atoms with Gasteiger partial charge in [-0.05, 0) is 73.7 Å². The zero-order chi connectivity index (χ0) is 30.1. The molecular weight excluding hydrogens is 554 g/mol. The van der Waals surface area contributed by atoms with Crippen LogP contribution in [0.15, 0.2) is 70.4 Å². The van der Waals surface area contributed by atoms with Gasteiger partial charge in [-0.25, -0.2) is 9.36 Å². The van der Waals surface area contributed by atoms with Crippen molar-refractivity contribution in [1.29, 1.82) is 5.26 Å². The number of H-pyrrole nitrogens is 1. The number of nitrogens with two attached hydrogens (primary N) is 1. The van der Waals surface area contributed by atoms with Crippen molar-refractivity contribution in [1.82, 2.24) is 14.0 Å². The Labute approximate surface area is 245 Å². The molecule has 2 aromatic carbocycles. The lowest BCUT2D eigenvalue weighted by atomic mass is 9.69. The van der Waals surface area contributed by atoms with E-state index in [4.69, 9.17) is 17.3 Å². The van der Waals surface area contributed by atoms with E-state index in [1.807, 2.05) is 31.2 Å². The topological polar surface area (TPSA) is 146 Å². The lowest BCUT2D eigenvalue weighted by molar-refractivity contribution is -0.120. The molecule has 2 unspecified atom stereocenters. The molecule has 10 heteroatoms. The smallest absolute Gasteiger partial charge is 0.340 e. The average molecular weight is 582 g/mol. The van der Waals surface area contributed by atoms with E-state index in [0.717, 1.165) is 21.1 Å². The van der Waals surface area contributed by atoms with Gasteiger partial charge >= 0.3 is 5.69 Å². The fourth-order valence-corrected chi connectivity index (χ4v) is 6.54. The quantitative estimate of drug-likeness (QED) is 0.288. The van der Waals surface area contributed by atoms with E-state index in [1.54, 1.807) is 44.3 Å². The molecule has 9 nitrogen and oxygen atoms in total. The summed E-state index contributed by atoms with van der Waals surface area (Å²) < 4.78 is 2.42. The number of nitriles is 1. The van der Waals surface area contributed by atoms with E-state index in [-0.39, 0.29) is 11.4 Å². The van der Waals surface area contributed by atoms with Crippen molar-refractivity contribution in [3.8, 4) is 11.8 Å². The lowest BCUT2D eigenvalue weighted by Gasteiger charge is -2.33. The summed E-state index contributed by atoms with van der Waals surface area (Å²) in [5.41, 5.74) is 8.53. The highest BCUT2D eigenvalue weighted by Gasteiger charge is 2.42. The Kier molecular flexibility index (Phi) is 6.37. The highest BCUT2D eigenvalue weighted by molar-refractivity contribution is 6.33. The Morgan fingerprint density at radius 2 is 1.93 bits per heavy atom. The minimum Gasteiger partial charge on any atom is -0.386 e. The molecular formula is C32H28ClN5O4. The molecule has 1 amide bonds. The average Bonchev–Trinajstić information content (AvgIpc) is 3.32. The molecule has 0 saturated heterocycles. The van der Waals surface area contributed by atoms with Gasteiger partial charge < -0.3 is 15.8 Å². The molecule has 6 rings (SSSR count). The number of benzene rings is 2. The number of aromatic nitrogens is 3. The summed E-state index contributed by atoms with van der Waals surface area (Å²) in [5.74, 6) is -2.36. The van der Waals surface area contributed by atoms with Gasteiger partial charge in [-0.15, -0.1) is 0 Å². The monoisotopic (exact) mass is 581 g/mol. The number of amides is 1.